The molecule has 5 nitrogen and oxygen atoms in total. The standard InChI is InChI=1S/C15H19N3O2S/c1-12-16-15(17-20-12)14-8-5-9-18(14)10-11-21(19)13-6-3-2-4-7-13/h2-4,6-7,14H,5,8-11H2,1H3/t14-,21+/m0/s1. The largest absolute Gasteiger partial charge is 0.340 e. The Kier molecular flexibility index (Phi) is 4.45. The van der Waals surface area contributed by atoms with Crippen molar-refractivity contribution in [1.29, 1.82) is 0 Å². The van der Waals surface area contributed by atoms with Crippen molar-refractivity contribution < 1.29 is 8.73 Å². The third-order valence-electron chi connectivity index (χ3n) is 3.77. The van der Waals surface area contributed by atoms with Crippen molar-refractivity contribution in [2.45, 2.75) is 30.7 Å². The molecular formula is C15H19N3O2S. The fourth-order valence-electron chi connectivity index (χ4n) is 2.73. The molecule has 1 aliphatic rings. The number of rotatable bonds is 5. The maximum atomic E-state index is 12.3. The van der Waals surface area contributed by atoms with Crippen LogP contribution in [-0.4, -0.2) is 38.1 Å². The lowest BCUT2D eigenvalue weighted by Crippen LogP contribution is -2.28. The lowest BCUT2D eigenvalue weighted by Gasteiger charge is -2.21. The Morgan fingerprint density at radius 1 is 1.38 bits per heavy atom. The first kappa shape index (κ1) is 14.4. The Bertz CT molecular complexity index is 614. The molecule has 2 heterocycles. The summed E-state index contributed by atoms with van der Waals surface area (Å²) >= 11 is 0. The molecule has 0 amide bonds. The molecule has 6 heteroatoms. The average Bonchev–Trinajstić information content (AvgIpc) is 3.14. The van der Waals surface area contributed by atoms with Crippen LogP contribution in [0.1, 0.15) is 30.6 Å². The highest BCUT2D eigenvalue weighted by Gasteiger charge is 2.29. The van der Waals surface area contributed by atoms with Crippen molar-refractivity contribution in [1.82, 2.24) is 15.0 Å². The molecule has 1 fully saturated rings. The van der Waals surface area contributed by atoms with E-state index in [1.165, 1.54) is 0 Å². The van der Waals surface area contributed by atoms with Crippen molar-refractivity contribution >= 4 is 10.8 Å². The number of aromatic nitrogens is 2. The van der Waals surface area contributed by atoms with E-state index in [9.17, 15) is 4.21 Å². The van der Waals surface area contributed by atoms with Crippen LogP contribution in [0, 0.1) is 6.92 Å². The molecule has 0 aliphatic carbocycles. The van der Waals surface area contributed by atoms with Crippen LogP contribution in [0.3, 0.4) is 0 Å². The van der Waals surface area contributed by atoms with Gasteiger partial charge >= 0.3 is 0 Å². The number of likely N-dealkylation sites (tertiary alicyclic amines) is 1. The maximum absolute atomic E-state index is 12.3. The molecule has 112 valence electrons. The first-order valence-electron chi connectivity index (χ1n) is 7.22. The Labute approximate surface area is 126 Å². The van der Waals surface area contributed by atoms with E-state index in [0.717, 1.165) is 36.7 Å². The highest BCUT2D eigenvalue weighted by Crippen LogP contribution is 2.29. The first-order valence-corrected chi connectivity index (χ1v) is 8.53. The quantitative estimate of drug-likeness (QED) is 0.848. The molecule has 3 rings (SSSR count). The second-order valence-electron chi connectivity index (χ2n) is 5.23. The van der Waals surface area contributed by atoms with E-state index in [0.29, 0.717) is 11.6 Å². The van der Waals surface area contributed by atoms with E-state index in [-0.39, 0.29) is 6.04 Å². The number of aryl methyl sites for hydroxylation is 1. The minimum atomic E-state index is -0.951. The molecule has 1 aromatic heterocycles. The van der Waals surface area contributed by atoms with Gasteiger partial charge in [-0.1, -0.05) is 23.4 Å². The summed E-state index contributed by atoms with van der Waals surface area (Å²) in [5.74, 6) is 2.00. The van der Waals surface area contributed by atoms with E-state index in [1.807, 2.05) is 30.3 Å². The summed E-state index contributed by atoms with van der Waals surface area (Å²) in [6, 6.07) is 9.83. The van der Waals surface area contributed by atoms with Crippen LogP contribution in [0.2, 0.25) is 0 Å². The molecule has 21 heavy (non-hydrogen) atoms. The number of hydrogen-bond donors (Lipinski definition) is 0. The van der Waals surface area contributed by atoms with Crippen LogP contribution in [0.25, 0.3) is 0 Å². The summed E-state index contributed by atoms with van der Waals surface area (Å²) in [4.78, 5) is 7.54. The summed E-state index contributed by atoms with van der Waals surface area (Å²) in [6.45, 7) is 3.60. The van der Waals surface area contributed by atoms with E-state index in [1.54, 1.807) is 6.92 Å². The van der Waals surface area contributed by atoms with Crippen LogP contribution in [-0.2, 0) is 10.8 Å². The molecule has 2 atom stereocenters. The second-order valence-corrected chi connectivity index (χ2v) is 6.80. The normalized spacial score (nSPS) is 20.7. The molecular weight excluding hydrogens is 286 g/mol. The highest BCUT2D eigenvalue weighted by atomic mass is 32.2. The summed E-state index contributed by atoms with van der Waals surface area (Å²) in [6.07, 6.45) is 2.16. The van der Waals surface area contributed by atoms with Gasteiger partial charge in [-0.2, -0.15) is 4.98 Å². The van der Waals surface area contributed by atoms with Gasteiger partial charge in [0, 0.05) is 24.1 Å². The van der Waals surface area contributed by atoms with Gasteiger partial charge in [-0.15, -0.1) is 0 Å². The molecule has 0 radical (unpaired) electrons. The zero-order valence-corrected chi connectivity index (χ0v) is 12.9. The molecule has 0 unspecified atom stereocenters. The topological polar surface area (TPSA) is 59.2 Å². The Hall–Kier alpha value is -1.53. The average molecular weight is 305 g/mol. The Balaban J connectivity index is 1.61. The molecule has 0 bridgehead atoms. The zero-order chi connectivity index (χ0) is 14.7. The van der Waals surface area contributed by atoms with Crippen LogP contribution in [0.4, 0.5) is 0 Å². The van der Waals surface area contributed by atoms with Gasteiger partial charge < -0.3 is 4.52 Å². The SMILES string of the molecule is Cc1nc([C@@H]2CCCN2CC[S@@](=O)c2ccccc2)no1. The van der Waals surface area contributed by atoms with Crippen molar-refractivity contribution in [3.63, 3.8) is 0 Å². The third-order valence-corrected chi connectivity index (χ3v) is 5.13. The van der Waals surface area contributed by atoms with Crippen molar-refractivity contribution in [3.8, 4) is 0 Å². The van der Waals surface area contributed by atoms with E-state index < -0.39 is 10.8 Å². The van der Waals surface area contributed by atoms with Gasteiger partial charge in [0.1, 0.15) is 0 Å². The van der Waals surface area contributed by atoms with E-state index >= 15 is 0 Å². The van der Waals surface area contributed by atoms with Gasteiger partial charge in [0.2, 0.25) is 5.89 Å². The first-order chi connectivity index (χ1) is 10.2. The van der Waals surface area contributed by atoms with E-state index in [4.69, 9.17) is 4.52 Å². The third kappa shape index (κ3) is 3.39. The molecule has 0 saturated carbocycles. The molecule has 1 aliphatic heterocycles. The van der Waals surface area contributed by atoms with Gasteiger partial charge in [-0.05, 0) is 31.5 Å². The minimum absolute atomic E-state index is 0.204. The van der Waals surface area contributed by atoms with Gasteiger partial charge in [0.15, 0.2) is 5.82 Å². The molecule has 0 spiro atoms. The molecule has 2 aromatic rings. The molecule has 1 saturated heterocycles. The molecule has 0 N–H and O–H groups in total. The lowest BCUT2D eigenvalue weighted by molar-refractivity contribution is 0.256. The van der Waals surface area contributed by atoms with Gasteiger partial charge in [-0.25, -0.2) is 0 Å². The summed E-state index contributed by atoms with van der Waals surface area (Å²) in [7, 11) is -0.951. The molecule has 1 aromatic carbocycles. The summed E-state index contributed by atoms with van der Waals surface area (Å²) in [5.41, 5.74) is 0. The zero-order valence-electron chi connectivity index (χ0n) is 12.1. The monoisotopic (exact) mass is 305 g/mol. The fraction of sp³-hybridized carbons (Fsp3) is 0.467. The Morgan fingerprint density at radius 2 is 2.19 bits per heavy atom. The second kappa shape index (κ2) is 6.49. The van der Waals surface area contributed by atoms with Crippen molar-refractivity contribution in [3.05, 3.63) is 42.0 Å². The minimum Gasteiger partial charge on any atom is -0.340 e. The maximum Gasteiger partial charge on any atom is 0.223 e. The predicted octanol–water partition coefficient (Wildman–Crippen LogP) is 2.32. The van der Waals surface area contributed by atoms with Crippen molar-refractivity contribution in [2.24, 2.45) is 0 Å². The van der Waals surface area contributed by atoms with E-state index in [2.05, 4.69) is 15.0 Å². The van der Waals surface area contributed by atoms with Gasteiger partial charge in [-0.3, -0.25) is 9.11 Å². The van der Waals surface area contributed by atoms with Crippen LogP contribution in [0.5, 0.6) is 0 Å². The number of nitrogens with zero attached hydrogens (tertiary/aromatic N) is 3. The van der Waals surface area contributed by atoms with Crippen LogP contribution >= 0.6 is 0 Å². The van der Waals surface area contributed by atoms with Crippen LogP contribution in [0.15, 0.2) is 39.8 Å². The number of hydrogen-bond acceptors (Lipinski definition) is 5. The number of benzene rings is 1. The smallest absolute Gasteiger partial charge is 0.223 e. The predicted molar refractivity (Wildman–Crippen MR) is 80.3 cm³/mol. The van der Waals surface area contributed by atoms with Crippen LogP contribution < -0.4 is 0 Å². The van der Waals surface area contributed by atoms with Gasteiger partial charge in [0.25, 0.3) is 0 Å². The fourth-order valence-corrected chi connectivity index (χ4v) is 3.82. The summed E-state index contributed by atoms with van der Waals surface area (Å²) in [5, 5.41) is 4.03. The summed E-state index contributed by atoms with van der Waals surface area (Å²) < 4.78 is 17.4. The Morgan fingerprint density at radius 3 is 2.90 bits per heavy atom. The van der Waals surface area contributed by atoms with Crippen molar-refractivity contribution in [2.75, 3.05) is 18.8 Å². The highest BCUT2D eigenvalue weighted by molar-refractivity contribution is 7.85. The van der Waals surface area contributed by atoms with Gasteiger partial charge in [0.05, 0.1) is 16.8 Å². The lowest BCUT2D eigenvalue weighted by atomic mass is 10.2.